The zero-order valence-electron chi connectivity index (χ0n) is 22.2. The predicted molar refractivity (Wildman–Crippen MR) is 147 cm³/mol. The average Bonchev–Trinajstić information content (AvgIpc) is 3.18. The summed E-state index contributed by atoms with van der Waals surface area (Å²) in [4.78, 5) is 51.6. The Kier molecular flexibility index (Phi) is 6.35. The molecule has 7 nitrogen and oxygen atoms in total. The van der Waals surface area contributed by atoms with Crippen LogP contribution in [0.25, 0.3) is 0 Å². The molecule has 1 saturated heterocycles. The van der Waals surface area contributed by atoms with E-state index in [0.29, 0.717) is 16.2 Å². The summed E-state index contributed by atoms with van der Waals surface area (Å²) in [6, 6.07) is 10.0. The second-order valence-electron chi connectivity index (χ2n) is 12.4. The maximum atomic E-state index is 14.7. The minimum Gasteiger partial charge on any atom is -0.307 e. The lowest BCUT2D eigenvalue weighted by Gasteiger charge is -2.57. The Hall–Kier alpha value is -3.04. The number of amides is 4. The van der Waals surface area contributed by atoms with Gasteiger partial charge in [0.2, 0.25) is 11.8 Å². The molecule has 208 valence electrons. The Morgan fingerprint density at radius 3 is 2.15 bits per heavy atom. The van der Waals surface area contributed by atoms with Crippen LogP contribution in [-0.2, 0) is 21.9 Å². The summed E-state index contributed by atoms with van der Waals surface area (Å²) in [5, 5.41) is 6.11. The number of rotatable bonds is 7. The topological polar surface area (TPSA) is 95.6 Å². The van der Waals surface area contributed by atoms with E-state index in [4.69, 9.17) is 0 Å². The van der Waals surface area contributed by atoms with Crippen LogP contribution in [0.3, 0.4) is 0 Å². The second-order valence-corrected chi connectivity index (χ2v) is 13.4. The lowest BCUT2D eigenvalue weighted by molar-refractivity contribution is -0.136. The van der Waals surface area contributed by atoms with Gasteiger partial charge in [-0.3, -0.25) is 29.4 Å². The first-order valence-electron chi connectivity index (χ1n) is 14.3. The van der Waals surface area contributed by atoms with E-state index in [0.717, 1.165) is 34.8 Å². The van der Waals surface area contributed by atoms with Crippen molar-refractivity contribution in [2.75, 3.05) is 0 Å². The smallest absolute Gasteiger partial charge is 0.265 e. The lowest BCUT2D eigenvalue weighted by atomic mass is 9.53. The van der Waals surface area contributed by atoms with Crippen LogP contribution < -0.4 is 10.6 Å². The highest BCUT2D eigenvalue weighted by atomic mass is 32.2. The second kappa shape index (κ2) is 9.80. The lowest BCUT2D eigenvalue weighted by Crippen LogP contribution is -2.58. The molecule has 0 spiro atoms. The molecule has 9 heteroatoms. The molecule has 2 heterocycles. The number of halogens is 1. The molecule has 0 aromatic heterocycles. The van der Waals surface area contributed by atoms with E-state index in [-0.39, 0.29) is 24.0 Å². The molecule has 4 aliphatic carbocycles. The maximum Gasteiger partial charge on any atom is 0.265 e. The SMILES string of the molecule is O=C1CCC(N2C(=O)c3c(F)ccc(SCc4ccc(CNC56CC7CC(CC(C7)C5)C6)cc4)c3C2=O)C(=O)N1. The van der Waals surface area contributed by atoms with Gasteiger partial charge in [-0.15, -0.1) is 11.8 Å². The van der Waals surface area contributed by atoms with Gasteiger partial charge in [-0.1, -0.05) is 24.3 Å². The van der Waals surface area contributed by atoms with Crippen LogP contribution >= 0.6 is 11.8 Å². The number of thioether (sulfide) groups is 1. The Labute approximate surface area is 236 Å². The van der Waals surface area contributed by atoms with E-state index in [9.17, 15) is 23.6 Å². The van der Waals surface area contributed by atoms with Crippen LogP contribution in [0, 0.1) is 23.6 Å². The van der Waals surface area contributed by atoms with Crippen LogP contribution in [0.5, 0.6) is 0 Å². The van der Waals surface area contributed by atoms with Crippen LogP contribution in [0.15, 0.2) is 41.3 Å². The molecule has 4 saturated carbocycles. The molecule has 2 aromatic carbocycles. The molecule has 2 aromatic rings. The normalized spacial score (nSPS) is 30.7. The summed E-state index contributed by atoms with van der Waals surface area (Å²) >= 11 is 1.36. The van der Waals surface area contributed by atoms with Crippen molar-refractivity contribution in [3.8, 4) is 0 Å². The highest BCUT2D eigenvalue weighted by Gasteiger charge is 2.50. The minimum absolute atomic E-state index is 0.00362. The fraction of sp³-hybridized carbons (Fsp3) is 0.484. The zero-order chi connectivity index (χ0) is 27.6. The molecule has 6 aliphatic rings. The first-order valence-corrected chi connectivity index (χ1v) is 15.3. The summed E-state index contributed by atoms with van der Waals surface area (Å²) in [5.74, 6) is -0.206. The molecular formula is C31H32FN3O4S. The molecule has 0 radical (unpaired) electrons. The van der Waals surface area contributed by atoms with E-state index >= 15 is 0 Å². The first kappa shape index (κ1) is 25.9. The zero-order valence-corrected chi connectivity index (χ0v) is 23.0. The summed E-state index contributed by atoms with van der Waals surface area (Å²) in [5.41, 5.74) is 2.31. The number of nitrogens with zero attached hydrogens (tertiary/aromatic N) is 1. The van der Waals surface area contributed by atoms with Crippen molar-refractivity contribution >= 4 is 35.4 Å². The molecule has 2 N–H and O–H groups in total. The van der Waals surface area contributed by atoms with E-state index < -0.39 is 35.5 Å². The van der Waals surface area contributed by atoms with Gasteiger partial charge in [0, 0.05) is 29.2 Å². The third-order valence-electron chi connectivity index (χ3n) is 9.63. The quantitative estimate of drug-likeness (QED) is 0.380. The third-order valence-corrected chi connectivity index (χ3v) is 10.8. The largest absolute Gasteiger partial charge is 0.307 e. The number of fused-ring (bicyclic) bond motifs is 1. The Morgan fingerprint density at radius 2 is 1.50 bits per heavy atom. The summed E-state index contributed by atoms with van der Waals surface area (Å²) in [7, 11) is 0. The van der Waals surface area contributed by atoms with Gasteiger partial charge in [0.05, 0.1) is 11.1 Å². The van der Waals surface area contributed by atoms with Crippen LogP contribution in [0.4, 0.5) is 4.39 Å². The van der Waals surface area contributed by atoms with E-state index in [1.807, 2.05) is 0 Å². The Bertz CT molecular complexity index is 1390. The number of carbonyl (C=O) groups excluding carboxylic acids is 4. The minimum atomic E-state index is -1.12. The Morgan fingerprint density at radius 1 is 0.875 bits per heavy atom. The van der Waals surface area contributed by atoms with Crippen LogP contribution in [0.2, 0.25) is 0 Å². The van der Waals surface area contributed by atoms with Crippen molar-refractivity contribution in [3.05, 3.63) is 64.5 Å². The molecule has 40 heavy (non-hydrogen) atoms. The molecule has 5 fully saturated rings. The molecule has 2 aliphatic heterocycles. The molecule has 4 amide bonds. The van der Waals surface area contributed by atoms with Gasteiger partial charge in [-0.25, -0.2) is 4.39 Å². The number of hydrogen-bond acceptors (Lipinski definition) is 6. The number of benzene rings is 2. The Balaban J connectivity index is 1.02. The standard InChI is InChI=1S/C31H32FN3O4S/c32-22-5-7-24(27-26(22)29(38)35(30(27)39)23-6-8-25(36)34-28(23)37)40-16-18-3-1-17(2-4-18)15-33-31-12-19-9-20(13-31)11-21(10-19)14-31/h1-5,7,19-21,23,33H,6,8-16H2,(H,34,36,37). The van der Waals surface area contributed by atoms with Crippen molar-refractivity contribution in [2.45, 2.75) is 80.1 Å². The monoisotopic (exact) mass is 561 g/mol. The van der Waals surface area contributed by atoms with Gasteiger partial charge in [0.25, 0.3) is 11.8 Å². The van der Waals surface area contributed by atoms with Crippen molar-refractivity contribution in [2.24, 2.45) is 17.8 Å². The van der Waals surface area contributed by atoms with Gasteiger partial charge in [-0.05, 0) is 86.0 Å². The summed E-state index contributed by atoms with van der Waals surface area (Å²) in [6.07, 6.45) is 8.29. The van der Waals surface area contributed by atoms with Gasteiger partial charge >= 0.3 is 0 Å². The number of nitrogens with one attached hydrogen (secondary N) is 2. The van der Waals surface area contributed by atoms with E-state index in [2.05, 4.69) is 34.9 Å². The van der Waals surface area contributed by atoms with Crippen LogP contribution in [-0.4, -0.2) is 40.1 Å². The predicted octanol–water partition coefficient (Wildman–Crippen LogP) is 4.58. The number of imide groups is 2. The highest BCUT2D eigenvalue weighted by Crippen LogP contribution is 2.55. The van der Waals surface area contributed by atoms with Crippen molar-refractivity contribution in [3.63, 3.8) is 0 Å². The van der Waals surface area contributed by atoms with Crippen molar-refractivity contribution < 1.29 is 23.6 Å². The first-order chi connectivity index (χ1) is 19.3. The molecule has 1 unspecified atom stereocenters. The molecule has 1 atom stereocenters. The molecular weight excluding hydrogens is 529 g/mol. The molecule has 4 bridgehead atoms. The fourth-order valence-corrected chi connectivity index (χ4v) is 9.19. The van der Waals surface area contributed by atoms with Gasteiger partial charge in [0.1, 0.15) is 11.9 Å². The van der Waals surface area contributed by atoms with Gasteiger partial charge < -0.3 is 5.32 Å². The number of carbonyl (C=O) groups is 4. The fourth-order valence-electron chi connectivity index (χ4n) is 8.18. The van der Waals surface area contributed by atoms with Crippen molar-refractivity contribution in [1.29, 1.82) is 0 Å². The summed E-state index contributed by atoms with van der Waals surface area (Å²) < 4.78 is 14.7. The van der Waals surface area contributed by atoms with Crippen molar-refractivity contribution in [1.82, 2.24) is 15.5 Å². The average molecular weight is 562 g/mol. The molecule has 8 rings (SSSR count). The van der Waals surface area contributed by atoms with E-state index in [1.165, 1.54) is 68.0 Å². The third kappa shape index (κ3) is 4.47. The number of hydrogen-bond donors (Lipinski definition) is 2. The summed E-state index contributed by atoms with van der Waals surface area (Å²) in [6.45, 7) is 0.859. The maximum absolute atomic E-state index is 14.7. The van der Waals surface area contributed by atoms with Crippen LogP contribution in [0.1, 0.15) is 83.2 Å². The highest BCUT2D eigenvalue weighted by molar-refractivity contribution is 7.98. The van der Waals surface area contributed by atoms with Gasteiger partial charge in [-0.2, -0.15) is 0 Å². The van der Waals surface area contributed by atoms with E-state index in [1.54, 1.807) is 0 Å². The van der Waals surface area contributed by atoms with Gasteiger partial charge in [0.15, 0.2) is 0 Å². The number of piperidine rings is 1.